The summed E-state index contributed by atoms with van der Waals surface area (Å²) in [5.41, 5.74) is 6.13. The lowest BCUT2D eigenvalue weighted by molar-refractivity contribution is -0.124. The number of rotatable bonds is 4. The maximum Gasteiger partial charge on any atom is 0.253 e. The average molecular weight is 374 g/mol. The van der Waals surface area contributed by atoms with E-state index < -0.39 is 11.9 Å². The molecule has 0 aromatic heterocycles. The molecule has 5 heteroatoms. The van der Waals surface area contributed by atoms with E-state index in [4.69, 9.17) is 5.73 Å². The Labute approximate surface area is 162 Å². The number of amides is 2. The zero-order chi connectivity index (χ0) is 19.7. The molecule has 1 aliphatic rings. The van der Waals surface area contributed by atoms with Gasteiger partial charge in [-0.1, -0.05) is 48.5 Å². The molecule has 1 saturated carbocycles. The van der Waals surface area contributed by atoms with E-state index in [2.05, 4.69) is 5.32 Å². The van der Waals surface area contributed by atoms with Crippen molar-refractivity contribution in [2.45, 2.75) is 31.7 Å². The fourth-order valence-electron chi connectivity index (χ4n) is 4.24. The number of Topliss-reactive ketones (excluding diaryl/α,β-unsaturated/α-hetero) is 1. The predicted octanol–water partition coefficient (Wildman–Crippen LogP) is 3.34. The molecular weight excluding hydrogens is 352 g/mol. The molecule has 2 amide bonds. The molecule has 2 atom stereocenters. The minimum absolute atomic E-state index is 0.118. The van der Waals surface area contributed by atoms with Crippen LogP contribution in [0.15, 0.2) is 54.6 Å². The second-order valence-electron chi connectivity index (χ2n) is 7.44. The van der Waals surface area contributed by atoms with Gasteiger partial charge in [-0.2, -0.15) is 0 Å². The summed E-state index contributed by atoms with van der Waals surface area (Å²) in [6.45, 7) is 0. The second-order valence-corrected chi connectivity index (χ2v) is 7.44. The Morgan fingerprint density at radius 1 is 1.00 bits per heavy atom. The van der Waals surface area contributed by atoms with Crippen LogP contribution in [0.5, 0.6) is 0 Å². The van der Waals surface area contributed by atoms with Crippen LogP contribution in [0, 0.1) is 5.92 Å². The van der Waals surface area contributed by atoms with Gasteiger partial charge in [0.2, 0.25) is 5.91 Å². The zero-order valence-electron chi connectivity index (χ0n) is 15.5. The Kier molecular flexibility index (Phi) is 4.82. The van der Waals surface area contributed by atoms with E-state index in [1.54, 1.807) is 0 Å². The largest absolute Gasteiger partial charge is 0.368 e. The van der Waals surface area contributed by atoms with Crippen LogP contribution in [0.3, 0.4) is 0 Å². The number of ketones is 1. The van der Waals surface area contributed by atoms with E-state index in [9.17, 15) is 14.4 Å². The highest BCUT2D eigenvalue weighted by Gasteiger charge is 2.32. The van der Waals surface area contributed by atoms with Crippen molar-refractivity contribution in [3.8, 4) is 0 Å². The first kappa shape index (κ1) is 18.2. The maximum atomic E-state index is 13.3. The number of carbonyl (C=O) groups is 3. The number of benzene rings is 3. The minimum Gasteiger partial charge on any atom is -0.368 e. The summed E-state index contributed by atoms with van der Waals surface area (Å²) in [5, 5.41) is 6.39. The maximum absolute atomic E-state index is 13.3. The highest BCUT2D eigenvalue weighted by atomic mass is 16.2. The molecule has 3 aromatic carbocycles. The third-order valence-corrected chi connectivity index (χ3v) is 5.58. The molecule has 0 unspecified atom stereocenters. The van der Waals surface area contributed by atoms with Crippen LogP contribution in [0.1, 0.15) is 36.0 Å². The number of nitrogens with two attached hydrogens (primary N) is 1. The first-order valence-electron chi connectivity index (χ1n) is 9.57. The normalized spacial score (nSPS) is 18.1. The molecule has 0 heterocycles. The molecule has 4 rings (SSSR count). The van der Waals surface area contributed by atoms with Crippen molar-refractivity contribution in [1.82, 2.24) is 5.32 Å². The van der Waals surface area contributed by atoms with Gasteiger partial charge in [-0.05, 0) is 46.4 Å². The molecule has 28 heavy (non-hydrogen) atoms. The third kappa shape index (κ3) is 3.36. The van der Waals surface area contributed by atoms with Gasteiger partial charge in [-0.3, -0.25) is 14.4 Å². The molecule has 1 fully saturated rings. The van der Waals surface area contributed by atoms with E-state index >= 15 is 0 Å². The number of carbonyl (C=O) groups excluding carboxylic acids is 3. The Morgan fingerprint density at radius 3 is 2.18 bits per heavy atom. The topological polar surface area (TPSA) is 89.3 Å². The molecule has 3 aromatic rings. The molecule has 0 radical (unpaired) electrons. The SMILES string of the molecule is NC(=O)[C@H](NC(=O)c1c2ccccc2cc2ccccc12)[C@@H]1CCCC(=O)C1. The number of primary amides is 1. The average Bonchev–Trinajstić information content (AvgIpc) is 2.69. The van der Waals surface area contributed by atoms with Gasteiger partial charge in [0, 0.05) is 12.8 Å². The quantitative estimate of drug-likeness (QED) is 0.687. The molecule has 3 N–H and O–H groups in total. The van der Waals surface area contributed by atoms with Crippen molar-refractivity contribution in [2.24, 2.45) is 11.7 Å². The summed E-state index contributed by atoms with van der Waals surface area (Å²) in [6, 6.07) is 16.6. The molecule has 0 bridgehead atoms. The van der Waals surface area contributed by atoms with E-state index in [0.29, 0.717) is 18.4 Å². The first-order valence-corrected chi connectivity index (χ1v) is 9.57. The Bertz CT molecular complexity index is 1040. The molecule has 142 valence electrons. The summed E-state index contributed by atoms with van der Waals surface area (Å²) in [4.78, 5) is 37.2. The molecule has 0 aliphatic heterocycles. The highest BCUT2D eigenvalue weighted by Crippen LogP contribution is 2.29. The summed E-state index contributed by atoms with van der Waals surface area (Å²) < 4.78 is 0. The Balaban J connectivity index is 1.76. The van der Waals surface area contributed by atoms with Crippen molar-refractivity contribution < 1.29 is 14.4 Å². The van der Waals surface area contributed by atoms with Crippen molar-refractivity contribution >= 4 is 39.1 Å². The van der Waals surface area contributed by atoms with Gasteiger partial charge in [0.15, 0.2) is 0 Å². The lowest BCUT2D eigenvalue weighted by Gasteiger charge is -2.28. The second kappa shape index (κ2) is 7.43. The van der Waals surface area contributed by atoms with Crippen LogP contribution in [0.25, 0.3) is 21.5 Å². The van der Waals surface area contributed by atoms with Crippen LogP contribution in [0.4, 0.5) is 0 Å². The highest BCUT2D eigenvalue weighted by molar-refractivity contribution is 6.18. The van der Waals surface area contributed by atoms with Crippen LogP contribution in [0.2, 0.25) is 0 Å². The summed E-state index contributed by atoms with van der Waals surface area (Å²) in [6.07, 6.45) is 2.24. The van der Waals surface area contributed by atoms with E-state index in [1.807, 2.05) is 54.6 Å². The van der Waals surface area contributed by atoms with Crippen molar-refractivity contribution in [1.29, 1.82) is 0 Å². The van der Waals surface area contributed by atoms with Crippen molar-refractivity contribution in [3.63, 3.8) is 0 Å². The van der Waals surface area contributed by atoms with Crippen LogP contribution >= 0.6 is 0 Å². The van der Waals surface area contributed by atoms with E-state index in [-0.39, 0.29) is 24.0 Å². The van der Waals surface area contributed by atoms with Gasteiger partial charge in [0.05, 0.1) is 5.56 Å². The van der Waals surface area contributed by atoms with Crippen molar-refractivity contribution in [2.75, 3.05) is 0 Å². The number of hydrogen-bond acceptors (Lipinski definition) is 3. The molecule has 0 saturated heterocycles. The first-order chi connectivity index (χ1) is 13.5. The Hall–Kier alpha value is -3.21. The van der Waals surface area contributed by atoms with Gasteiger partial charge < -0.3 is 11.1 Å². The molecule has 0 spiro atoms. The number of fused-ring (bicyclic) bond motifs is 2. The minimum atomic E-state index is -0.852. The molecule has 1 aliphatic carbocycles. The van der Waals surface area contributed by atoms with Gasteiger partial charge >= 0.3 is 0 Å². The lowest BCUT2D eigenvalue weighted by atomic mass is 9.82. The zero-order valence-corrected chi connectivity index (χ0v) is 15.5. The van der Waals surface area contributed by atoms with E-state index in [0.717, 1.165) is 28.0 Å². The number of nitrogens with one attached hydrogen (secondary N) is 1. The summed E-state index contributed by atoms with van der Waals surface area (Å²) >= 11 is 0. The number of hydrogen-bond donors (Lipinski definition) is 2. The van der Waals surface area contributed by atoms with Gasteiger partial charge in [-0.15, -0.1) is 0 Å². The smallest absolute Gasteiger partial charge is 0.253 e. The lowest BCUT2D eigenvalue weighted by Crippen LogP contribution is -2.50. The molecule has 5 nitrogen and oxygen atoms in total. The van der Waals surface area contributed by atoms with Crippen LogP contribution in [-0.4, -0.2) is 23.6 Å². The Morgan fingerprint density at radius 2 is 1.61 bits per heavy atom. The van der Waals surface area contributed by atoms with Crippen LogP contribution in [-0.2, 0) is 9.59 Å². The van der Waals surface area contributed by atoms with Gasteiger partial charge in [0.25, 0.3) is 5.91 Å². The van der Waals surface area contributed by atoms with Crippen molar-refractivity contribution in [3.05, 3.63) is 60.2 Å². The van der Waals surface area contributed by atoms with Gasteiger partial charge in [0.1, 0.15) is 11.8 Å². The monoisotopic (exact) mass is 374 g/mol. The fraction of sp³-hybridized carbons (Fsp3) is 0.261. The van der Waals surface area contributed by atoms with Crippen LogP contribution < -0.4 is 11.1 Å². The predicted molar refractivity (Wildman–Crippen MR) is 109 cm³/mol. The van der Waals surface area contributed by atoms with Gasteiger partial charge in [-0.25, -0.2) is 0 Å². The standard InChI is InChI=1S/C23H22N2O3/c24-22(27)21(16-8-5-9-17(26)13-16)25-23(28)20-18-10-3-1-6-14(18)12-15-7-2-4-11-19(15)20/h1-4,6-7,10-12,16,21H,5,8-9,13H2,(H2,24,27)(H,25,28)/t16-,21-/m1/s1. The van der Waals surface area contributed by atoms with E-state index in [1.165, 1.54) is 0 Å². The third-order valence-electron chi connectivity index (χ3n) is 5.58. The summed E-state index contributed by atoms with van der Waals surface area (Å²) in [7, 11) is 0. The molecular formula is C23H22N2O3. The fourth-order valence-corrected chi connectivity index (χ4v) is 4.24. The summed E-state index contributed by atoms with van der Waals surface area (Å²) in [5.74, 6) is -1.07.